The number of furan rings is 1. The summed E-state index contributed by atoms with van der Waals surface area (Å²) in [5, 5.41) is 8.43. The molecule has 1 aromatic heterocycles. The number of hydrogen-bond donors (Lipinski definition) is 0. The summed E-state index contributed by atoms with van der Waals surface area (Å²) in [4.78, 5) is 11.0. The van der Waals surface area contributed by atoms with Crippen LogP contribution in [0.5, 0.6) is 0 Å². The summed E-state index contributed by atoms with van der Waals surface area (Å²) < 4.78 is 9.39. The van der Waals surface area contributed by atoms with Crippen LogP contribution in [0.4, 0.5) is 0 Å². The number of nitrogens with zero attached hydrogens (tertiary/aromatic N) is 1. The van der Waals surface area contributed by atoms with E-state index in [4.69, 9.17) is 9.68 Å². The zero-order valence-electron chi connectivity index (χ0n) is 6.75. The highest BCUT2D eigenvalue weighted by atomic mass is 16.5. The van der Waals surface area contributed by atoms with Crippen LogP contribution < -0.4 is 0 Å². The highest BCUT2D eigenvalue weighted by molar-refractivity contribution is 5.90. The van der Waals surface area contributed by atoms with Gasteiger partial charge in [0.05, 0.1) is 7.11 Å². The minimum Gasteiger partial charge on any atom is -0.465 e. The minimum absolute atomic E-state index is 0.118. The van der Waals surface area contributed by atoms with Crippen molar-refractivity contribution in [2.24, 2.45) is 0 Å². The monoisotopic (exact) mass is 165 g/mol. The van der Waals surface area contributed by atoms with E-state index in [2.05, 4.69) is 4.74 Å². The third-order valence-electron chi connectivity index (χ3n) is 1.43. The number of carbonyl (C=O) groups is 1. The van der Waals surface area contributed by atoms with Gasteiger partial charge in [-0.05, 0) is 6.92 Å². The molecular formula is C8H7NO3. The summed E-state index contributed by atoms with van der Waals surface area (Å²) in [6, 6.07) is 3.15. The predicted molar refractivity (Wildman–Crippen MR) is 39.5 cm³/mol. The van der Waals surface area contributed by atoms with Gasteiger partial charge in [0, 0.05) is 6.07 Å². The molecule has 0 saturated carbocycles. The average Bonchev–Trinajstić information content (AvgIpc) is 2.45. The van der Waals surface area contributed by atoms with E-state index in [-0.39, 0.29) is 5.76 Å². The summed E-state index contributed by atoms with van der Waals surface area (Å²) >= 11 is 0. The second-order valence-electron chi connectivity index (χ2n) is 2.18. The lowest BCUT2D eigenvalue weighted by atomic mass is 10.2. The number of nitriles is 1. The molecule has 4 nitrogen and oxygen atoms in total. The maximum absolute atomic E-state index is 11.0. The van der Waals surface area contributed by atoms with Gasteiger partial charge in [0.15, 0.2) is 0 Å². The third kappa shape index (κ3) is 1.30. The molecule has 0 unspecified atom stereocenters. The Hall–Kier alpha value is -1.76. The molecule has 0 radical (unpaired) electrons. The molecule has 0 bridgehead atoms. The van der Waals surface area contributed by atoms with Crippen molar-refractivity contribution in [2.75, 3.05) is 7.11 Å². The van der Waals surface area contributed by atoms with E-state index in [0.717, 1.165) is 0 Å². The molecule has 12 heavy (non-hydrogen) atoms. The molecule has 0 amide bonds. The maximum Gasteiger partial charge on any atom is 0.341 e. The van der Waals surface area contributed by atoms with Gasteiger partial charge in [-0.2, -0.15) is 5.26 Å². The Morgan fingerprint density at radius 1 is 1.75 bits per heavy atom. The first-order valence-corrected chi connectivity index (χ1v) is 3.28. The maximum atomic E-state index is 11.0. The van der Waals surface area contributed by atoms with Gasteiger partial charge in [0.1, 0.15) is 17.4 Å². The van der Waals surface area contributed by atoms with Gasteiger partial charge >= 0.3 is 5.97 Å². The van der Waals surface area contributed by atoms with Crippen molar-refractivity contribution in [3.8, 4) is 6.07 Å². The summed E-state index contributed by atoms with van der Waals surface area (Å²) in [6.45, 7) is 1.60. The molecular weight excluding hydrogens is 158 g/mol. The van der Waals surface area contributed by atoms with Crippen LogP contribution in [0.15, 0.2) is 10.5 Å². The van der Waals surface area contributed by atoms with Gasteiger partial charge in [0.25, 0.3) is 0 Å². The lowest BCUT2D eigenvalue weighted by Crippen LogP contribution is -2.00. The minimum atomic E-state index is -0.488. The Morgan fingerprint density at radius 2 is 2.42 bits per heavy atom. The normalized spacial score (nSPS) is 9.08. The van der Waals surface area contributed by atoms with Crippen molar-refractivity contribution in [2.45, 2.75) is 6.92 Å². The van der Waals surface area contributed by atoms with E-state index < -0.39 is 5.97 Å². The van der Waals surface area contributed by atoms with E-state index in [1.165, 1.54) is 13.2 Å². The summed E-state index contributed by atoms with van der Waals surface area (Å²) in [6.07, 6.45) is 0. The van der Waals surface area contributed by atoms with Crippen molar-refractivity contribution in [3.05, 3.63) is 23.2 Å². The molecule has 1 heterocycles. The van der Waals surface area contributed by atoms with E-state index in [1.807, 2.05) is 0 Å². The quantitative estimate of drug-likeness (QED) is 0.587. The Kier molecular flexibility index (Phi) is 2.15. The van der Waals surface area contributed by atoms with Gasteiger partial charge in [-0.15, -0.1) is 0 Å². The van der Waals surface area contributed by atoms with Gasteiger partial charge < -0.3 is 9.15 Å². The molecule has 0 spiro atoms. The first-order chi connectivity index (χ1) is 5.69. The van der Waals surface area contributed by atoms with E-state index in [1.54, 1.807) is 13.0 Å². The summed E-state index contributed by atoms with van der Waals surface area (Å²) in [5.41, 5.74) is 0.300. The molecule has 1 aromatic rings. The Balaban J connectivity index is 3.10. The second-order valence-corrected chi connectivity index (χ2v) is 2.18. The van der Waals surface area contributed by atoms with Gasteiger partial charge in [-0.3, -0.25) is 0 Å². The van der Waals surface area contributed by atoms with E-state index in [0.29, 0.717) is 11.3 Å². The van der Waals surface area contributed by atoms with Crippen molar-refractivity contribution in [1.29, 1.82) is 5.26 Å². The van der Waals surface area contributed by atoms with Crippen LogP contribution in [0.2, 0.25) is 0 Å². The summed E-state index contributed by atoms with van der Waals surface area (Å²) in [5.74, 6) is 0.0315. The molecule has 0 aliphatic rings. The lowest BCUT2D eigenvalue weighted by molar-refractivity contribution is 0.0599. The first-order valence-electron chi connectivity index (χ1n) is 3.28. The number of aryl methyl sites for hydroxylation is 1. The Labute approximate surface area is 69.4 Å². The van der Waals surface area contributed by atoms with Crippen LogP contribution >= 0.6 is 0 Å². The van der Waals surface area contributed by atoms with E-state index in [9.17, 15) is 4.79 Å². The molecule has 0 N–H and O–H groups in total. The zero-order chi connectivity index (χ0) is 9.14. The van der Waals surface area contributed by atoms with Crippen molar-refractivity contribution in [1.82, 2.24) is 0 Å². The van der Waals surface area contributed by atoms with Gasteiger partial charge in [0.2, 0.25) is 5.76 Å². The van der Waals surface area contributed by atoms with Crippen LogP contribution in [0.1, 0.15) is 21.9 Å². The fourth-order valence-electron chi connectivity index (χ4n) is 0.850. The van der Waals surface area contributed by atoms with Crippen LogP contribution in [0.3, 0.4) is 0 Å². The predicted octanol–water partition coefficient (Wildman–Crippen LogP) is 1.25. The standard InChI is InChI=1S/C8H7NO3/c1-5-7(8(10)11-2)3-6(4-9)12-5/h3H,1-2H3. The topological polar surface area (TPSA) is 63.2 Å². The lowest BCUT2D eigenvalue weighted by Gasteiger charge is -1.93. The molecule has 0 aromatic carbocycles. The van der Waals surface area contributed by atoms with Gasteiger partial charge in [-0.1, -0.05) is 0 Å². The number of hydrogen-bond acceptors (Lipinski definition) is 4. The molecule has 0 saturated heterocycles. The number of rotatable bonds is 1. The van der Waals surface area contributed by atoms with Crippen LogP contribution in [-0.4, -0.2) is 13.1 Å². The van der Waals surface area contributed by atoms with Gasteiger partial charge in [-0.25, -0.2) is 4.79 Å². The molecule has 62 valence electrons. The molecule has 0 atom stereocenters. The van der Waals surface area contributed by atoms with Crippen LogP contribution in [-0.2, 0) is 4.74 Å². The largest absolute Gasteiger partial charge is 0.465 e. The number of carbonyl (C=O) groups excluding carboxylic acids is 1. The first kappa shape index (κ1) is 8.34. The fourth-order valence-corrected chi connectivity index (χ4v) is 0.850. The number of ether oxygens (including phenoxy) is 1. The summed E-state index contributed by atoms with van der Waals surface area (Å²) in [7, 11) is 1.28. The fraction of sp³-hybridized carbons (Fsp3) is 0.250. The highest BCUT2D eigenvalue weighted by Crippen LogP contribution is 2.14. The van der Waals surface area contributed by atoms with Crippen molar-refractivity contribution in [3.63, 3.8) is 0 Å². The molecule has 0 aliphatic heterocycles. The van der Waals surface area contributed by atoms with E-state index >= 15 is 0 Å². The zero-order valence-corrected chi connectivity index (χ0v) is 6.75. The number of esters is 1. The third-order valence-corrected chi connectivity index (χ3v) is 1.43. The smallest absolute Gasteiger partial charge is 0.341 e. The van der Waals surface area contributed by atoms with Crippen molar-refractivity contribution >= 4 is 5.97 Å². The SMILES string of the molecule is COC(=O)c1cc(C#N)oc1C. The second kappa shape index (κ2) is 3.09. The Morgan fingerprint density at radius 3 is 2.83 bits per heavy atom. The van der Waals surface area contributed by atoms with Crippen LogP contribution in [0, 0.1) is 18.3 Å². The van der Waals surface area contributed by atoms with Crippen molar-refractivity contribution < 1.29 is 13.9 Å². The highest BCUT2D eigenvalue weighted by Gasteiger charge is 2.14. The van der Waals surface area contributed by atoms with Crippen LogP contribution in [0.25, 0.3) is 0 Å². The molecule has 4 heteroatoms. The number of methoxy groups -OCH3 is 1. The molecule has 1 rings (SSSR count). The molecule has 0 aliphatic carbocycles. The Bertz CT molecular complexity index is 346. The average molecular weight is 165 g/mol. The molecule has 0 fully saturated rings.